The summed E-state index contributed by atoms with van der Waals surface area (Å²) in [6.45, 7) is 3.99. The molecule has 1 aliphatic rings. The summed E-state index contributed by atoms with van der Waals surface area (Å²) in [5.41, 5.74) is 4.42. The average molecular weight is 500 g/mol. The highest BCUT2D eigenvalue weighted by Crippen LogP contribution is 2.39. The highest BCUT2D eigenvalue weighted by atomic mass is 16.5. The van der Waals surface area contributed by atoms with Crippen LogP contribution in [0.3, 0.4) is 0 Å². The van der Waals surface area contributed by atoms with E-state index in [2.05, 4.69) is 9.88 Å². The van der Waals surface area contributed by atoms with Crippen LogP contribution >= 0.6 is 0 Å². The van der Waals surface area contributed by atoms with E-state index in [9.17, 15) is 9.59 Å². The maximum absolute atomic E-state index is 13.7. The largest absolute Gasteiger partial charge is 0.497 e. The Morgan fingerprint density at radius 1 is 1.08 bits per heavy atom. The first-order chi connectivity index (χ1) is 18.0. The number of carbonyl (C=O) groups is 2. The highest BCUT2D eigenvalue weighted by molar-refractivity contribution is 5.81. The maximum Gasteiger partial charge on any atom is 0.325 e. The van der Waals surface area contributed by atoms with Gasteiger partial charge in [-0.05, 0) is 55.8 Å². The lowest BCUT2D eigenvalue weighted by Crippen LogP contribution is -2.44. The molecule has 0 aliphatic carbocycles. The zero-order valence-corrected chi connectivity index (χ0v) is 21.0. The number of urea groups is 1. The summed E-state index contributed by atoms with van der Waals surface area (Å²) in [7, 11) is 1.62. The molecule has 0 saturated carbocycles. The molecule has 3 heterocycles. The molecule has 0 saturated heterocycles. The number of esters is 1. The van der Waals surface area contributed by atoms with Gasteiger partial charge in [0, 0.05) is 11.8 Å². The molecule has 2 aromatic carbocycles. The van der Waals surface area contributed by atoms with E-state index >= 15 is 0 Å². The Morgan fingerprint density at radius 3 is 2.65 bits per heavy atom. The van der Waals surface area contributed by atoms with Crippen molar-refractivity contribution in [3.05, 3.63) is 95.4 Å². The number of para-hydroxylation sites is 1. The lowest BCUT2D eigenvalue weighted by atomic mass is 10.0. The molecule has 2 amide bonds. The van der Waals surface area contributed by atoms with Gasteiger partial charge in [-0.15, -0.1) is 0 Å². The summed E-state index contributed by atoms with van der Waals surface area (Å²) in [5.74, 6) is 1.08. The van der Waals surface area contributed by atoms with Gasteiger partial charge in [0.2, 0.25) is 0 Å². The molecule has 4 aromatic rings. The Hall–Kier alpha value is -4.53. The predicted octanol–water partition coefficient (Wildman–Crippen LogP) is 4.16. The van der Waals surface area contributed by atoms with Crippen LogP contribution in [0.5, 0.6) is 5.75 Å². The molecular formula is C28H29N5O4. The smallest absolute Gasteiger partial charge is 0.325 e. The first-order valence-electron chi connectivity index (χ1n) is 12.2. The van der Waals surface area contributed by atoms with Gasteiger partial charge in [0.05, 0.1) is 43.4 Å². The molecule has 0 fully saturated rings. The van der Waals surface area contributed by atoms with E-state index in [-0.39, 0.29) is 25.7 Å². The van der Waals surface area contributed by atoms with Gasteiger partial charge >= 0.3 is 12.0 Å². The molecule has 2 aromatic heterocycles. The van der Waals surface area contributed by atoms with Crippen molar-refractivity contribution in [2.45, 2.75) is 26.4 Å². The number of nitrogens with zero attached hydrogens (tertiary/aromatic N) is 4. The average Bonchev–Trinajstić information content (AvgIpc) is 3.48. The van der Waals surface area contributed by atoms with E-state index in [1.807, 2.05) is 84.5 Å². The SMILES string of the molecule is CCOC(=O)CNC(=O)N1Cc2c(C)nn(-c3ccccc3)c2-n2cccc2[C@H]1c1cccc(OC)c1. The molecular weight excluding hydrogens is 470 g/mol. The quantitative estimate of drug-likeness (QED) is 0.403. The third kappa shape index (κ3) is 4.55. The van der Waals surface area contributed by atoms with Crippen LogP contribution in [0.4, 0.5) is 4.79 Å². The van der Waals surface area contributed by atoms with Crippen LogP contribution in [-0.4, -0.2) is 51.5 Å². The maximum atomic E-state index is 13.7. The Labute approximate surface area is 215 Å². The van der Waals surface area contributed by atoms with Crippen LogP contribution in [0.2, 0.25) is 0 Å². The van der Waals surface area contributed by atoms with Crippen LogP contribution in [0.1, 0.15) is 35.5 Å². The van der Waals surface area contributed by atoms with Gasteiger partial charge in [-0.2, -0.15) is 5.10 Å². The van der Waals surface area contributed by atoms with Gasteiger partial charge in [-0.1, -0.05) is 30.3 Å². The van der Waals surface area contributed by atoms with Gasteiger partial charge in [-0.25, -0.2) is 9.48 Å². The molecule has 1 atom stereocenters. The van der Waals surface area contributed by atoms with Gasteiger partial charge in [0.1, 0.15) is 18.1 Å². The van der Waals surface area contributed by atoms with Crippen LogP contribution in [-0.2, 0) is 16.1 Å². The standard InChI is InChI=1S/C28H29N5O4/c1-4-37-25(34)17-29-28(35)32-18-23-19(2)30-33(21-11-6-5-7-12-21)27(23)31-15-9-14-24(31)26(32)20-10-8-13-22(16-20)36-3/h5-16,26H,4,17-18H2,1-3H3,(H,29,35)/t26-/m1/s1. The number of hydrogen-bond donors (Lipinski definition) is 1. The molecule has 1 aliphatic heterocycles. The van der Waals surface area contributed by atoms with Gasteiger partial charge in [-0.3, -0.25) is 4.79 Å². The predicted molar refractivity (Wildman–Crippen MR) is 138 cm³/mol. The molecule has 1 N–H and O–H groups in total. The summed E-state index contributed by atoms with van der Waals surface area (Å²) in [6.07, 6.45) is 1.99. The van der Waals surface area contributed by atoms with Crippen molar-refractivity contribution in [2.24, 2.45) is 0 Å². The number of aryl methyl sites for hydroxylation is 1. The fraction of sp³-hybridized carbons (Fsp3) is 0.250. The second kappa shape index (κ2) is 10.2. The number of rotatable bonds is 6. The molecule has 0 unspecified atom stereocenters. The van der Waals surface area contributed by atoms with Crippen LogP contribution in [0, 0.1) is 6.92 Å². The summed E-state index contributed by atoms with van der Waals surface area (Å²) >= 11 is 0. The molecule has 9 nitrogen and oxygen atoms in total. The number of fused-ring (bicyclic) bond motifs is 3. The van der Waals surface area contributed by atoms with E-state index in [1.165, 1.54) is 0 Å². The number of nitrogens with one attached hydrogen (secondary N) is 1. The zero-order chi connectivity index (χ0) is 25.9. The van der Waals surface area contributed by atoms with Crippen molar-refractivity contribution in [1.82, 2.24) is 24.6 Å². The Balaban J connectivity index is 1.66. The minimum absolute atomic E-state index is 0.218. The van der Waals surface area contributed by atoms with E-state index in [0.29, 0.717) is 5.75 Å². The Kier molecular flexibility index (Phi) is 6.68. The third-order valence-electron chi connectivity index (χ3n) is 6.45. The zero-order valence-electron chi connectivity index (χ0n) is 21.0. The second-order valence-electron chi connectivity index (χ2n) is 8.71. The number of benzene rings is 2. The summed E-state index contributed by atoms with van der Waals surface area (Å²) in [5, 5.41) is 7.59. The van der Waals surface area contributed by atoms with Gasteiger partial charge in [0.25, 0.3) is 0 Å². The van der Waals surface area contributed by atoms with E-state index in [4.69, 9.17) is 14.6 Å². The lowest BCUT2D eigenvalue weighted by Gasteiger charge is -2.31. The number of amides is 2. The molecule has 9 heteroatoms. The molecule has 37 heavy (non-hydrogen) atoms. The lowest BCUT2D eigenvalue weighted by molar-refractivity contribution is -0.141. The molecule has 0 spiro atoms. The molecule has 5 rings (SSSR count). The minimum atomic E-state index is -0.485. The molecule has 190 valence electrons. The third-order valence-corrected chi connectivity index (χ3v) is 6.45. The number of carbonyl (C=O) groups excluding carboxylic acids is 2. The van der Waals surface area contributed by atoms with Crippen molar-refractivity contribution < 1.29 is 19.1 Å². The van der Waals surface area contributed by atoms with Crippen LogP contribution in [0.25, 0.3) is 11.5 Å². The van der Waals surface area contributed by atoms with Crippen LogP contribution < -0.4 is 10.1 Å². The summed E-state index contributed by atoms with van der Waals surface area (Å²) < 4.78 is 14.5. The number of ether oxygens (including phenoxy) is 2. The molecule has 0 radical (unpaired) electrons. The first kappa shape index (κ1) is 24.2. The van der Waals surface area contributed by atoms with Crippen molar-refractivity contribution in [3.63, 3.8) is 0 Å². The number of methoxy groups -OCH3 is 1. The minimum Gasteiger partial charge on any atom is -0.497 e. The topological polar surface area (TPSA) is 90.6 Å². The number of hydrogen-bond acceptors (Lipinski definition) is 5. The normalized spacial score (nSPS) is 14.4. The fourth-order valence-electron chi connectivity index (χ4n) is 4.77. The fourth-order valence-corrected chi connectivity index (χ4v) is 4.77. The highest BCUT2D eigenvalue weighted by Gasteiger charge is 2.36. The second-order valence-corrected chi connectivity index (χ2v) is 8.71. The van der Waals surface area contributed by atoms with Crippen LogP contribution in [0.15, 0.2) is 72.9 Å². The Bertz CT molecular complexity index is 1430. The van der Waals surface area contributed by atoms with E-state index in [0.717, 1.165) is 34.0 Å². The molecule has 0 bridgehead atoms. The van der Waals surface area contributed by atoms with Gasteiger partial charge < -0.3 is 24.3 Å². The van der Waals surface area contributed by atoms with Gasteiger partial charge in [0.15, 0.2) is 0 Å². The van der Waals surface area contributed by atoms with E-state index in [1.54, 1.807) is 18.9 Å². The Morgan fingerprint density at radius 2 is 1.89 bits per heavy atom. The first-order valence-corrected chi connectivity index (χ1v) is 12.2. The van der Waals surface area contributed by atoms with E-state index < -0.39 is 12.0 Å². The monoisotopic (exact) mass is 499 g/mol. The van der Waals surface area contributed by atoms with Crippen molar-refractivity contribution in [2.75, 3.05) is 20.3 Å². The van der Waals surface area contributed by atoms with Crippen molar-refractivity contribution in [1.29, 1.82) is 0 Å². The number of aromatic nitrogens is 3. The summed E-state index contributed by atoms with van der Waals surface area (Å²) in [4.78, 5) is 27.4. The van der Waals surface area contributed by atoms with Crippen molar-refractivity contribution in [3.8, 4) is 17.3 Å². The van der Waals surface area contributed by atoms with Crippen molar-refractivity contribution >= 4 is 12.0 Å². The summed E-state index contributed by atoms with van der Waals surface area (Å²) in [6, 6.07) is 20.7.